The highest BCUT2D eigenvalue weighted by molar-refractivity contribution is 8.00. The molecular weight excluding hydrogens is 436 g/mol. The first kappa shape index (κ1) is 21.7. The molecule has 0 spiro atoms. The number of fused-ring (bicyclic) bond motifs is 1. The Morgan fingerprint density at radius 2 is 1.90 bits per heavy atom. The molecule has 2 aromatic carbocycles. The number of sulfonamides is 1. The van der Waals surface area contributed by atoms with Crippen molar-refractivity contribution in [1.29, 1.82) is 0 Å². The summed E-state index contributed by atoms with van der Waals surface area (Å²) in [6, 6.07) is 11.9. The summed E-state index contributed by atoms with van der Waals surface area (Å²) in [6.45, 7) is 2.91. The van der Waals surface area contributed by atoms with E-state index in [0.29, 0.717) is 23.9 Å². The number of ether oxygens (including phenoxy) is 1. The second-order valence-corrected chi connectivity index (χ2v) is 10.6. The number of imidazole rings is 1. The number of aromatic nitrogens is 2. The van der Waals surface area contributed by atoms with Gasteiger partial charge in [-0.15, -0.1) is 0 Å². The van der Waals surface area contributed by atoms with Crippen LogP contribution >= 0.6 is 11.8 Å². The van der Waals surface area contributed by atoms with Gasteiger partial charge >= 0.3 is 0 Å². The molecule has 0 bridgehead atoms. The molecular formula is C21H24N4O4S2. The normalized spacial score (nSPS) is 15.8. The van der Waals surface area contributed by atoms with E-state index < -0.39 is 15.3 Å². The Hall–Kier alpha value is -2.56. The number of aromatic amines is 1. The third kappa shape index (κ3) is 4.70. The summed E-state index contributed by atoms with van der Waals surface area (Å²) in [6.07, 6.45) is 1.78. The van der Waals surface area contributed by atoms with Crippen LogP contribution in [0.25, 0.3) is 11.0 Å². The molecule has 2 heterocycles. The summed E-state index contributed by atoms with van der Waals surface area (Å²) in [7, 11) is -1.86. The van der Waals surface area contributed by atoms with Crippen LogP contribution < -0.4 is 10.1 Å². The van der Waals surface area contributed by atoms with Crippen molar-refractivity contribution in [3.8, 4) is 5.75 Å². The molecule has 4 rings (SSSR count). The zero-order valence-corrected chi connectivity index (χ0v) is 18.9. The van der Waals surface area contributed by atoms with E-state index >= 15 is 0 Å². The molecule has 1 aliphatic heterocycles. The fraction of sp³-hybridized carbons (Fsp3) is 0.333. The minimum absolute atomic E-state index is 0.196. The third-order valence-electron chi connectivity index (χ3n) is 5.15. The number of hydrogen-bond acceptors (Lipinski definition) is 6. The number of hydrogen-bond donors (Lipinski definition) is 2. The second kappa shape index (κ2) is 8.89. The smallest absolute Gasteiger partial charge is 0.243 e. The highest BCUT2D eigenvalue weighted by Crippen LogP contribution is 2.27. The van der Waals surface area contributed by atoms with Gasteiger partial charge in [-0.25, -0.2) is 13.4 Å². The maximum absolute atomic E-state index is 12.6. The fourth-order valence-electron chi connectivity index (χ4n) is 3.40. The number of thioether (sulfide) groups is 1. The predicted octanol–water partition coefficient (Wildman–Crippen LogP) is 3.48. The van der Waals surface area contributed by atoms with E-state index in [2.05, 4.69) is 15.3 Å². The Labute approximate surface area is 185 Å². The Morgan fingerprint density at radius 3 is 2.58 bits per heavy atom. The second-order valence-electron chi connectivity index (χ2n) is 7.31. The van der Waals surface area contributed by atoms with Gasteiger partial charge in [-0.1, -0.05) is 11.8 Å². The van der Waals surface area contributed by atoms with Crippen molar-refractivity contribution < 1.29 is 17.9 Å². The van der Waals surface area contributed by atoms with Crippen molar-refractivity contribution in [1.82, 2.24) is 14.3 Å². The van der Waals surface area contributed by atoms with Crippen LogP contribution in [0.15, 0.2) is 52.5 Å². The molecule has 0 radical (unpaired) electrons. The van der Waals surface area contributed by atoms with E-state index in [1.54, 1.807) is 26.2 Å². The molecule has 1 saturated heterocycles. The van der Waals surface area contributed by atoms with Gasteiger partial charge in [0, 0.05) is 24.8 Å². The predicted molar refractivity (Wildman–Crippen MR) is 121 cm³/mol. The van der Waals surface area contributed by atoms with Crippen LogP contribution in [-0.2, 0) is 14.8 Å². The van der Waals surface area contributed by atoms with Gasteiger partial charge in [-0.2, -0.15) is 4.31 Å². The zero-order valence-electron chi connectivity index (χ0n) is 17.3. The maximum Gasteiger partial charge on any atom is 0.243 e. The SMILES string of the molecule is COc1ccc2nc(SC(C)C(=O)Nc3ccc(S(=O)(=O)N4CCCC4)cc3)[nH]c2c1. The molecule has 1 unspecified atom stereocenters. The molecule has 1 amide bonds. The Bertz CT molecular complexity index is 1190. The summed E-state index contributed by atoms with van der Waals surface area (Å²) in [5, 5.41) is 3.06. The molecule has 2 N–H and O–H groups in total. The minimum Gasteiger partial charge on any atom is -0.497 e. The van der Waals surface area contributed by atoms with Crippen LogP contribution in [0.2, 0.25) is 0 Å². The summed E-state index contributed by atoms with van der Waals surface area (Å²) in [4.78, 5) is 20.5. The quantitative estimate of drug-likeness (QED) is 0.523. The van der Waals surface area contributed by atoms with Crippen LogP contribution in [0.3, 0.4) is 0 Å². The number of methoxy groups -OCH3 is 1. The lowest BCUT2D eigenvalue weighted by molar-refractivity contribution is -0.115. The van der Waals surface area contributed by atoms with Gasteiger partial charge in [-0.3, -0.25) is 4.79 Å². The van der Waals surface area contributed by atoms with E-state index in [1.165, 1.54) is 28.2 Å². The van der Waals surface area contributed by atoms with Gasteiger partial charge < -0.3 is 15.0 Å². The van der Waals surface area contributed by atoms with Gasteiger partial charge in [0.2, 0.25) is 15.9 Å². The fourth-order valence-corrected chi connectivity index (χ4v) is 5.74. The van der Waals surface area contributed by atoms with Crippen LogP contribution in [-0.4, -0.2) is 54.0 Å². The topological polar surface area (TPSA) is 104 Å². The number of benzene rings is 2. The molecule has 1 atom stereocenters. The zero-order chi connectivity index (χ0) is 22.0. The third-order valence-corrected chi connectivity index (χ3v) is 8.05. The highest BCUT2D eigenvalue weighted by Gasteiger charge is 2.27. The van der Waals surface area contributed by atoms with Gasteiger partial charge in [0.25, 0.3) is 0 Å². The molecule has 31 heavy (non-hydrogen) atoms. The lowest BCUT2D eigenvalue weighted by atomic mass is 10.3. The Kier molecular flexibility index (Phi) is 6.22. The van der Waals surface area contributed by atoms with Crippen molar-refractivity contribution in [2.24, 2.45) is 0 Å². The minimum atomic E-state index is -3.46. The molecule has 8 nitrogen and oxygen atoms in total. The molecule has 10 heteroatoms. The largest absolute Gasteiger partial charge is 0.497 e. The highest BCUT2D eigenvalue weighted by atomic mass is 32.2. The average molecular weight is 461 g/mol. The number of nitrogens with one attached hydrogen (secondary N) is 2. The number of rotatable bonds is 7. The molecule has 1 aliphatic rings. The lowest BCUT2D eigenvalue weighted by Gasteiger charge is -2.16. The number of anilines is 1. The maximum atomic E-state index is 12.6. The number of nitrogens with zero attached hydrogens (tertiary/aromatic N) is 2. The molecule has 0 aliphatic carbocycles. The van der Waals surface area contributed by atoms with Crippen LogP contribution in [0.1, 0.15) is 19.8 Å². The molecule has 0 saturated carbocycles. The summed E-state index contributed by atoms with van der Waals surface area (Å²) in [5.74, 6) is 0.534. The van der Waals surface area contributed by atoms with Crippen LogP contribution in [0, 0.1) is 0 Å². The van der Waals surface area contributed by atoms with E-state index in [9.17, 15) is 13.2 Å². The Balaban J connectivity index is 1.39. The monoisotopic (exact) mass is 460 g/mol. The molecule has 1 aromatic heterocycles. The van der Waals surface area contributed by atoms with E-state index in [0.717, 1.165) is 29.6 Å². The van der Waals surface area contributed by atoms with Crippen molar-refractivity contribution in [2.75, 3.05) is 25.5 Å². The summed E-state index contributed by atoms with van der Waals surface area (Å²) < 4.78 is 31.9. The standard InChI is InChI=1S/C21H24N4O4S2/c1-14(30-21-23-18-10-7-16(29-2)13-19(18)24-21)20(26)22-15-5-8-17(9-6-15)31(27,28)25-11-3-4-12-25/h5-10,13-14H,3-4,11-12H2,1-2H3,(H,22,26)(H,23,24). The van der Waals surface area contributed by atoms with Gasteiger partial charge in [0.15, 0.2) is 5.16 Å². The molecule has 3 aromatic rings. The summed E-state index contributed by atoms with van der Waals surface area (Å²) >= 11 is 1.31. The average Bonchev–Trinajstić information content (AvgIpc) is 3.43. The van der Waals surface area contributed by atoms with Crippen molar-refractivity contribution >= 4 is 44.4 Å². The van der Waals surface area contributed by atoms with E-state index in [1.807, 2.05) is 18.2 Å². The molecule has 1 fully saturated rings. The number of carbonyl (C=O) groups excluding carboxylic acids is 1. The first-order valence-electron chi connectivity index (χ1n) is 9.98. The molecule has 164 valence electrons. The Morgan fingerprint density at radius 1 is 1.19 bits per heavy atom. The van der Waals surface area contributed by atoms with Crippen LogP contribution in [0.4, 0.5) is 5.69 Å². The van der Waals surface area contributed by atoms with Gasteiger partial charge in [0.05, 0.1) is 28.3 Å². The lowest BCUT2D eigenvalue weighted by Crippen LogP contribution is -2.27. The first-order chi connectivity index (χ1) is 14.9. The van der Waals surface area contributed by atoms with Gasteiger partial charge in [0.1, 0.15) is 5.75 Å². The number of H-pyrrole nitrogens is 1. The number of amides is 1. The van der Waals surface area contributed by atoms with Crippen molar-refractivity contribution in [2.45, 2.75) is 35.1 Å². The first-order valence-corrected chi connectivity index (χ1v) is 12.3. The van der Waals surface area contributed by atoms with Gasteiger partial charge in [-0.05, 0) is 56.2 Å². The number of carbonyl (C=O) groups is 1. The van der Waals surface area contributed by atoms with Crippen LogP contribution in [0.5, 0.6) is 5.75 Å². The van der Waals surface area contributed by atoms with Crippen molar-refractivity contribution in [3.05, 3.63) is 42.5 Å². The van der Waals surface area contributed by atoms with E-state index in [-0.39, 0.29) is 10.8 Å². The van der Waals surface area contributed by atoms with E-state index in [4.69, 9.17) is 4.74 Å². The summed E-state index contributed by atoms with van der Waals surface area (Å²) in [5.41, 5.74) is 2.18. The van der Waals surface area contributed by atoms with Crippen molar-refractivity contribution in [3.63, 3.8) is 0 Å².